The Kier molecular flexibility index (Phi) is 3.28. The van der Waals surface area contributed by atoms with Crippen LogP contribution in [0.5, 0.6) is 0 Å². The molecule has 0 aliphatic carbocycles. The van der Waals surface area contributed by atoms with E-state index in [2.05, 4.69) is 26.2 Å². The molecule has 72 valence electrons. The van der Waals surface area contributed by atoms with Crippen LogP contribution in [-0.4, -0.2) is 52.8 Å². The summed E-state index contributed by atoms with van der Waals surface area (Å²) in [6.07, 6.45) is 0. The third-order valence-electron chi connectivity index (χ3n) is 5.53. The first-order valence-electron chi connectivity index (χ1n) is 5.44. The van der Waals surface area contributed by atoms with Crippen LogP contribution in [0.1, 0.15) is 0 Å². The Bertz CT molecular complexity index is 165. The Morgan fingerprint density at radius 1 is 0.917 bits per heavy atom. The second kappa shape index (κ2) is 3.46. The summed E-state index contributed by atoms with van der Waals surface area (Å²) in [7, 11) is 3.09. The predicted molar refractivity (Wildman–Crippen MR) is 79.4 cm³/mol. The van der Waals surface area contributed by atoms with E-state index in [-0.39, 0.29) is 0 Å². The standard InChI is InChI=1S/C6H24Si6/c1-9-11(3)5(7)6(8)12(11,4)10-2/h5-6H,9-10H2,1-4,7-8H3. The van der Waals surface area contributed by atoms with Crippen LogP contribution in [0.3, 0.4) is 0 Å². The normalized spacial score (nSPS) is 56.0. The van der Waals surface area contributed by atoms with E-state index in [0.29, 0.717) is 18.1 Å². The maximum absolute atomic E-state index is 2.83. The molecular formula is C6H24Si6. The van der Waals surface area contributed by atoms with Gasteiger partial charge in [-0.25, -0.2) is 0 Å². The molecule has 0 N–H and O–H groups in total. The Morgan fingerprint density at radius 2 is 1.17 bits per heavy atom. The molecule has 1 saturated heterocycles. The SMILES string of the molecule is C[SiH2][Si]1(C)C([SiH3])C([SiH3])[Si]1(C)[SiH2]C. The van der Waals surface area contributed by atoms with Gasteiger partial charge in [0.2, 0.25) is 0 Å². The van der Waals surface area contributed by atoms with Gasteiger partial charge in [0.15, 0.2) is 0 Å². The summed E-state index contributed by atoms with van der Waals surface area (Å²) in [5, 5.41) is 2.81. The largest absolute Gasteiger partial charge is 0.0768 e. The van der Waals surface area contributed by atoms with E-state index in [9.17, 15) is 0 Å². The highest BCUT2D eigenvalue weighted by Crippen LogP contribution is 2.52. The molecule has 0 aromatic rings. The van der Waals surface area contributed by atoms with Crippen LogP contribution in [0.4, 0.5) is 0 Å². The summed E-state index contributed by atoms with van der Waals surface area (Å²) < 4.78 is 0. The minimum Gasteiger partial charge on any atom is -0.0768 e. The lowest BCUT2D eigenvalue weighted by Gasteiger charge is -2.64. The van der Waals surface area contributed by atoms with Crippen molar-refractivity contribution < 1.29 is 0 Å². The van der Waals surface area contributed by atoms with E-state index in [4.69, 9.17) is 0 Å². The molecule has 1 aliphatic heterocycles. The molecule has 1 rings (SSSR count). The Balaban J connectivity index is 2.88. The number of hydrogen-bond donors (Lipinski definition) is 0. The van der Waals surface area contributed by atoms with E-state index in [0.717, 1.165) is 0 Å². The summed E-state index contributed by atoms with van der Waals surface area (Å²) in [6.45, 7) is 10.9. The van der Waals surface area contributed by atoms with Crippen molar-refractivity contribution in [2.45, 2.75) is 36.5 Å². The average molecular weight is 265 g/mol. The van der Waals surface area contributed by atoms with Gasteiger partial charge < -0.3 is 0 Å². The highest BCUT2D eigenvalue weighted by atomic mass is 29.8. The quantitative estimate of drug-likeness (QED) is 0.509. The molecule has 0 nitrogen and oxygen atoms in total. The molecule has 12 heavy (non-hydrogen) atoms. The van der Waals surface area contributed by atoms with Gasteiger partial charge in [0, 0.05) is 52.8 Å². The van der Waals surface area contributed by atoms with Gasteiger partial charge in [-0.3, -0.25) is 0 Å². The van der Waals surface area contributed by atoms with Crippen molar-refractivity contribution in [2.24, 2.45) is 0 Å². The topological polar surface area (TPSA) is 0 Å². The predicted octanol–water partition coefficient (Wildman–Crippen LogP) is -1.95. The van der Waals surface area contributed by atoms with Crippen LogP contribution < -0.4 is 0 Å². The van der Waals surface area contributed by atoms with Crippen molar-refractivity contribution in [3.05, 3.63) is 0 Å². The Hall–Kier alpha value is 1.30. The Labute approximate surface area is 89.2 Å². The molecule has 0 radical (unpaired) electrons. The van der Waals surface area contributed by atoms with Gasteiger partial charge in [-0.1, -0.05) is 36.5 Å². The third kappa shape index (κ3) is 1.15. The van der Waals surface area contributed by atoms with Gasteiger partial charge in [0.1, 0.15) is 0 Å². The Morgan fingerprint density at radius 3 is 1.33 bits per heavy atom. The third-order valence-corrected chi connectivity index (χ3v) is 85.7. The van der Waals surface area contributed by atoms with Crippen molar-refractivity contribution in [2.75, 3.05) is 0 Å². The van der Waals surface area contributed by atoms with Crippen LogP contribution >= 0.6 is 0 Å². The van der Waals surface area contributed by atoms with E-state index >= 15 is 0 Å². The van der Waals surface area contributed by atoms with Crippen LogP contribution in [0.2, 0.25) is 36.5 Å². The zero-order chi connectivity index (χ0) is 9.57. The molecule has 6 heteroatoms. The van der Waals surface area contributed by atoms with E-state index in [1.807, 2.05) is 0 Å². The number of hydrogen-bond acceptors (Lipinski definition) is 0. The molecule has 4 atom stereocenters. The molecule has 1 aliphatic rings. The summed E-state index contributed by atoms with van der Waals surface area (Å²) in [4.78, 5) is 0. The summed E-state index contributed by atoms with van der Waals surface area (Å²) >= 11 is 0. The van der Waals surface area contributed by atoms with Crippen molar-refractivity contribution in [1.82, 2.24) is 0 Å². The zero-order valence-electron chi connectivity index (χ0n) is 9.57. The first-order chi connectivity index (χ1) is 5.44. The molecule has 4 unspecified atom stereocenters. The molecule has 0 aromatic carbocycles. The first kappa shape index (κ1) is 11.4. The highest BCUT2D eigenvalue weighted by molar-refractivity contribution is 7.78. The smallest absolute Gasteiger partial charge is 0.0283 e. The van der Waals surface area contributed by atoms with E-state index < -0.39 is 14.2 Å². The summed E-state index contributed by atoms with van der Waals surface area (Å²) in [5.74, 6) is 0. The lowest BCUT2D eigenvalue weighted by atomic mass is 10.9. The lowest BCUT2D eigenvalue weighted by Crippen LogP contribution is -2.81. The molecule has 0 aromatic heterocycles. The summed E-state index contributed by atoms with van der Waals surface area (Å²) in [5.41, 5.74) is 0. The van der Waals surface area contributed by atoms with Gasteiger partial charge in [0.05, 0.1) is 0 Å². The van der Waals surface area contributed by atoms with Crippen LogP contribution in [0.25, 0.3) is 0 Å². The van der Waals surface area contributed by atoms with Gasteiger partial charge in [-0.15, -0.1) is 0 Å². The lowest BCUT2D eigenvalue weighted by molar-refractivity contribution is 1.12. The number of rotatable bonds is 2. The van der Waals surface area contributed by atoms with E-state index in [1.54, 1.807) is 20.5 Å². The van der Waals surface area contributed by atoms with Gasteiger partial charge in [-0.05, 0) is 0 Å². The molecule has 0 bridgehead atoms. The minimum absolute atomic E-state index is 0.427. The van der Waals surface area contributed by atoms with Gasteiger partial charge in [0.25, 0.3) is 0 Å². The minimum atomic E-state index is -0.455. The fraction of sp³-hybridized carbons (Fsp3) is 1.00. The van der Waals surface area contributed by atoms with Crippen molar-refractivity contribution in [3.8, 4) is 0 Å². The maximum atomic E-state index is 2.83. The monoisotopic (exact) mass is 264 g/mol. The second-order valence-corrected chi connectivity index (χ2v) is 43.0. The fourth-order valence-corrected chi connectivity index (χ4v) is 101. The van der Waals surface area contributed by atoms with Crippen LogP contribution in [-0.2, 0) is 0 Å². The molecule has 1 fully saturated rings. The zero-order valence-corrected chi connectivity index (χ0v) is 18.4. The second-order valence-electron chi connectivity index (χ2n) is 5.12. The molecule has 0 amide bonds. The van der Waals surface area contributed by atoms with Gasteiger partial charge in [-0.2, -0.15) is 0 Å². The fourth-order valence-electron chi connectivity index (χ4n) is 3.50. The summed E-state index contributed by atoms with van der Waals surface area (Å²) in [6, 6.07) is 0. The first-order valence-corrected chi connectivity index (χ1v) is 21.4. The molecule has 1 heterocycles. The van der Waals surface area contributed by atoms with Crippen molar-refractivity contribution in [3.63, 3.8) is 0 Å². The highest BCUT2D eigenvalue weighted by Gasteiger charge is 2.62. The molecular weight excluding hydrogens is 241 g/mol. The van der Waals surface area contributed by atoms with Gasteiger partial charge >= 0.3 is 0 Å². The van der Waals surface area contributed by atoms with Crippen LogP contribution in [0.15, 0.2) is 0 Å². The van der Waals surface area contributed by atoms with Crippen molar-refractivity contribution >= 4 is 52.8 Å². The van der Waals surface area contributed by atoms with Crippen LogP contribution in [0, 0.1) is 0 Å². The molecule has 0 spiro atoms. The van der Waals surface area contributed by atoms with Crippen molar-refractivity contribution in [1.29, 1.82) is 0 Å². The maximum Gasteiger partial charge on any atom is 0.0283 e. The van der Waals surface area contributed by atoms with E-state index in [1.165, 1.54) is 10.3 Å². The average Bonchev–Trinajstić information content (AvgIpc) is 2.12. The molecule has 0 saturated carbocycles.